The molecular weight excluding hydrogens is 372 g/mol. The molecule has 0 heterocycles. The molecular formula is C16H32O6Si3. The fourth-order valence-electron chi connectivity index (χ4n) is 2.85. The summed E-state index contributed by atoms with van der Waals surface area (Å²) >= 11 is 0. The molecule has 0 aliphatic carbocycles. The fourth-order valence-corrected chi connectivity index (χ4v) is 8.39. The van der Waals surface area contributed by atoms with Gasteiger partial charge in [-0.2, -0.15) is 0 Å². The van der Waals surface area contributed by atoms with Crippen molar-refractivity contribution in [3.63, 3.8) is 0 Å². The zero-order valence-corrected chi connectivity index (χ0v) is 20.1. The molecule has 0 atom stereocenters. The van der Waals surface area contributed by atoms with E-state index in [4.69, 9.17) is 26.6 Å². The highest BCUT2D eigenvalue weighted by molar-refractivity contribution is 6.86. The van der Waals surface area contributed by atoms with Gasteiger partial charge in [0.25, 0.3) is 0 Å². The van der Waals surface area contributed by atoms with E-state index in [1.54, 1.807) is 42.7 Å². The lowest BCUT2D eigenvalue weighted by Crippen LogP contribution is -2.62. The summed E-state index contributed by atoms with van der Waals surface area (Å²) in [7, 11) is 2.44. The molecule has 0 N–H and O–H groups in total. The number of hydrogen-bond donors (Lipinski definition) is 0. The van der Waals surface area contributed by atoms with Gasteiger partial charge in [-0.15, -0.1) is 0 Å². The van der Waals surface area contributed by atoms with Gasteiger partial charge in [-0.1, -0.05) is 12.1 Å². The van der Waals surface area contributed by atoms with Crippen molar-refractivity contribution in [1.29, 1.82) is 0 Å². The van der Waals surface area contributed by atoms with Gasteiger partial charge < -0.3 is 26.6 Å². The maximum absolute atomic E-state index is 5.81. The van der Waals surface area contributed by atoms with Crippen molar-refractivity contribution >= 4 is 41.2 Å². The highest BCUT2D eigenvalue weighted by atomic mass is 28.4. The van der Waals surface area contributed by atoms with E-state index in [9.17, 15) is 0 Å². The molecule has 0 fully saturated rings. The lowest BCUT2D eigenvalue weighted by Gasteiger charge is -2.33. The summed E-state index contributed by atoms with van der Waals surface area (Å²) in [5, 5.41) is 3.10. The molecule has 1 aromatic rings. The Bertz CT molecular complexity index is 544. The van der Waals surface area contributed by atoms with E-state index in [1.807, 2.05) is 19.6 Å². The molecule has 25 heavy (non-hydrogen) atoms. The molecule has 1 rings (SSSR count). The first-order chi connectivity index (χ1) is 11.6. The molecule has 0 saturated heterocycles. The van der Waals surface area contributed by atoms with Gasteiger partial charge in [-0.3, -0.25) is 0 Å². The van der Waals surface area contributed by atoms with Gasteiger partial charge in [0.15, 0.2) is 0 Å². The molecule has 0 aliphatic rings. The number of rotatable bonds is 9. The van der Waals surface area contributed by atoms with Crippen molar-refractivity contribution in [2.75, 3.05) is 42.7 Å². The van der Waals surface area contributed by atoms with E-state index in [0.29, 0.717) is 0 Å². The monoisotopic (exact) mass is 404 g/mol. The Labute approximate surface area is 155 Å². The highest BCUT2D eigenvalue weighted by Gasteiger charge is 2.43. The largest absolute Gasteiger partial charge is 0.394 e. The molecule has 1 aromatic carbocycles. The van der Waals surface area contributed by atoms with Crippen LogP contribution in [-0.4, -0.2) is 68.3 Å². The van der Waals surface area contributed by atoms with Gasteiger partial charge in [0.05, 0.1) is 0 Å². The fraction of sp³-hybridized carbons (Fsp3) is 0.625. The summed E-state index contributed by atoms with van der Waals surface area (Å²) in [4.78, 5) is 0. The zero-order valence-electron chi connectivity index (χ0n) is 17.1. The maximum atomic E-state index is 5.81. The summed E-state index contributed by atoms with van der Waals surface area (Å²) in [6, 6.07) is 4.22. The minimum atomic E-state index is -2.57. The van der Waals surface area contributed by atoms with Crippen LogP contribution >= 0.6 is 0 Å². The van der Waals surface area contributed by atoms with Crippen molar-refractivity contribution in [3.8, 4) is 0 Å². The van der Waals surface area contributed by atoms with E-state index in [-0.39, 0.29) is 0 Å². The standard InChI is InChI=1S/C16H32O6Si3/c1-13-15(24(9,19-4)20-5)11-14(23(8,17-2)18-3)12-16(13)25(10,21-6)22-7/h11-12H,1-10H3. The Morgan fingerprint density at radius 3 is 1.08 bits per heavy atom. The van der Waals surface area contributed by atoms with Crippen LogP contribution in [-0.2, 0) is 26.6 Å². The van der Waals surface area contributed by atoms with Crippen LogP contribution in [0.2, 0.25) is 19.6 Å². The highest BCUT2D eigenvalue weighted by Crippen LogP contribution is 2.15. The smallest absolute Gasteiger partial charge is 0.369 e. The molecule has 0 saturated carbocycles. The third kappa shape index (κ3) is 4.15. The molecule has 0 radical (unpaired) electrons. The molecule has 0 aliphatic heterocycles. The van der Waals surface area contributed by atoms with E-state index in [0.717, 1.165) is 21.1 Å². The van der Waals surface area contributed by atoms with Gasteiger partial charge in [0.2, 0.25) is 0 Å². The third-order valence-electron chi connectivity index (χ3n) is 5.25. The molecule has 0 unspecified atom stereocenters. The predicted molar refractivity (Wildman–Crippen MR) is 107 cm³/mol. The Hall–Kier alpha value is -0.369. The summed E-state index contributed by atoms with van der Waals surface area (Å²) in [5.41, 5.74) is 1.09. The van der Waals surface area contributed by atoms with Crippen LogP contribution in [0.4, 0.5) is 0 Å². The Morgan fingerprint density at radius 1 is 0.560 bits per heavy atom. The third-order valence-corrected chi connectivity index (χ3v) is 14.3. The SMILES string of the molecule is CO[Si](C)(OC)c1cc([Si](C)(OC)OC)c(C)c([Si](C)(OC)OC)c1. The quantitative estimate of drug-likeness (QED) is 0.565. The average Bonchev–Trinajstić information content (AvgIpc) is 2.66. The van der Waals surface area contributed by atoms with Gasteiger partial charge in [-0.25, -0.2) is 0 Å². The van der Waals surface area contributed by atoms with Gasteiger partial charge in [-0.05, 0) is 47.7 Å². The van der Waals surface area contributed by atoms with Crippen molar-refractivity contribution in [3.05, 3.63) is 17.7 Å². The van der Waals surface area contributed by atoms with Crippen LogP contribution in [0.25, 0.3) is 0 Å². The van der Waals surface area contributed by atoms with E-state index in [2.05, 4.69) is 19.1 Å². The average molecular weight is 405 g/mol. The first-order valence-electron chi connectivity index (χ1n) is 8.08. The van der Waals surface area contributed by atoms with Crippen LogP contribution in [0, 0.1) is 6.92 Å². The summed E-state index contributed by atoms with van der Waals surface area (Å²) in [5.74, 6) is 0. The van der Waals surface area contributed by atoms with Gasteiger partial charge in [0.1, 0.15) is 0 Å². The lowest BCUT2D eigenvalue weighted by molar-refractivity contribution is 0.263. The molecule has 0 spiro atoms. The van der Waals surface area contributed by atoms with Crippen molar-refractivity contribution in [1.82, 2.24) is 0 Å². The second-order valence-electron chi connectivity index (χ2n) is 6.26. The van der Waals surface area contributed by atoms with E-state index in [1.165, 1.54) is 0 Å². The molecule has 0 amide bonds. The van der Waals surface area contributed by atoms with Gasteiger partial charge in [0, 0.05) is 42.7 Å². The van der Waals surface area contributed by atoms with Crippen LogP contribution in [0.1, 0.15) is 5.56 Å². The van der Waals surface area contributed by atoms with Crippen LogP contribution in [0.5, 0.6) is 0 Å². The summed E-state index contributed by atoms with van der Waals surface area (Å²) < 4.78 is 34.8. The van der Waals surface area contributed by atoms with Crippen molar-refractivity contribution in [2.45, 2.75) is 26.6 Å². The van der Waals surface area contributed by atoms with Crippen LogP contribution < -0.4 is 15.6 Å². The molecule has 9 heteroatoms. The molecule has 0 aromatic heterocycles. The zero-order chi connectivity index (χ0) is 19.5. The summed E-state index contributed by atoms with van der Waals surface area (Å²) in [6.45, 7) is 8.14. The molecule has 144 valence electrons. The lowest BCUT2D eigenvalue weighted by atomic mass is 10.2. The second-order valence-corrected chi connectivity index (χ2v) is 16.0. The number of benzene rings is 1. The van der Waals surface area contributed by atoms with Crippen molar-refractivity contribution < 1.29 is 26.6 Å². The first kappa shape index (κ1) is 22.7. The first-order valence-corrected chi connectivity index (χ1v) is 15.0. The topological polar surface area (TPSA) is 55.4 Å². The van der Waals surface area contributed by atoms with Gasteiger partial charge >= 0.3 is 25.7 Å². The Morgan fingerprint density at radius 2 is 0.840 bits per heavy atom. The van der Waals surface area contributed by atoms with Crippen LogP contribution in [0.3, 0.4) is 0 Å². The Balaban J connectivity index is 3.86. The number of hydrogen-bond acceptors (Lipinski definition) is 6. The van der Waals surface area contributed by atoms with E-state index < -0.39 is 25.7 Å². The molecule has 6 nitrogen and oxygen atoms in total. The Kier molecular flexibility index (Phi) is 7.75. The minimum absolute atomic E-state index is 1.01. The van der Waals surface area contributed by atoms with Crippen LogP contribution in [0.15, 0.2) is 12.1 Å². The normalized spacial score (nSPS) is 13.4. The van der Waals surface area contributed by atoms with Crippen molar-refractivity contribution in [2.24, 2.45) is 0 Å². The maximum Gasteiger partial charge on any atom is 0.369 e. The van der Waals surface area contributed by atoms with E-state index >= 15 is 0 Å². The summed E-state index contributed by atoms with van der Waals surface area (Å²) in [6.07, 6.45) is 0. The second kappa shape index (κ2) is 8.55. The predicted octanol–water partition coefficient (Wildman–Crippen LogP) is 0.710. The molecule has 0 bridgehead atoms. The minimum Gasteiger partial charge on any atom is -0.394 e.